The van der Waals surface area contributed by atoms with E-state index in [2.05, 4.69) is 10.3 Å². The molecule has 0 saturated heterocycles. The van der Waals surface area contributed by atoms with Gasteiger partial charge in [-0.05, 0) is 37.5 Å². The number of guanidine groups is 1. The van der Waals surface area contributed by atoms with E-state index in [1.165, 1.54) is 12.8 Å². The van der Waals surface area contributed by atoms with E-state index in [0.717, 1.165) is 11.3 Å². The number of nitrogens with two attached hydrogens (primary N) is 1. The van der Waals surface area contributed by atoms with Crippen LogP contribution < -0.4 is 11.1 Å². The number of anilines is 1. The van der Waals surface area contributed by atoms with E-state index in [1.54, 1.807) is 6.07 Å². The van der Waals surface area contributed by atoms with Crippen LogP contribution in [0.2, 0.25) is 5.02 Å². The average Bonchev–Trinajstić information content (AvgIpc) is 3.27. The summed E-state index contributed by atoms with van der Waals surface area (Å²) in [6, 6.07) is 5.96. The first-order valence-electron chi connectivity index (χ1n) is 7.06. The maximum atomic E-state index is 11.9. The van der Waals surface area contributed by atoms with Gasteiger partial charge in [-0.2, -0.15) is 0 Å². The van der Waals surface area contributed by atoms with Crippen LogP contribution in [0.3, 0.4) is 0 Å². The molecule has 0 aliphatic heterocycles. The van der Waals surface area contributed by atoms with E-state index in [1.807, 2.05) is 31.0 Å². The minimum atomic E-state index is -0.0917. The van der Waals surface area contributed by atoms with Crippen molar-refractivity contribution in [2.75, 3.05) is 18.9 Å². The van der Waals surface area contributed by atoms with Crippen molar-refractivity contribution in [1.82, 2.24) is 4.90 Å². The molecule has 0 radical (unpaired) electrons. The van der Waals surface area contributed by atoms with Gasteiger partial charge in [0.1, 0.15) is 0 Å². The van der Waals surface area contributed by atoms with Crippen molar-refractivity contribution in [1.29, 1.82) is 0 Å². The smallest absolute Gasteiger partial charge is 0.226 e. The normalized spacial score (nSPS) is 14.9. The molecule has 1 aliphatic carbocycles. The van der Waals surface area contributed by atoms with Crippen LogP contribution in [0.5, 0.6) is 0 Å². The zero-order valence-corrected chi connectivity index (χ0v) is 13.2. The summed E-state index contributed by atoms with van der Waals surface area (Å²) in [6.07, 6.45) is 2.63. The Morgan fingerprint density at radius 2 is 2.24 bits per heavy atom. The second-order valence-corrected chi connectivity index (χ2v) is 5.70. The Morgan fingerprint density at radius 1 is 1.52 bits per heavy atom. The Morgan fingerprint density at radius 3 is 2.90 bits per heavy atom. The van der Waals surface area contributed by atoms with Crippen LogP contribution in [0, 0.1) is 6.92 Å². The molecule has 1 aliphatic rings. The molecular formula is C15H21ClN4O. The Balaban J connectivity index is 1.82. The van der Waals surface area contributed by atoms with Crippen LogP contribution in [0.4, 0.5) is 5.69 Å². The lowest BCUT2D eigenvalue weighted by Crippen LogP contribution is -2.35. The number of hydrogen-bond acceptors (Lipinski definition) is 2. The van der Waals surface area contributed by atoms with Gasteiger partial charge in [0.25, 0.3) is 0 Å². The van der Waals surface area contributed by atoms with Gasteiger partial charge >= 0.3 is 0 Å². The average molecular weight is 309 g/mol. The highest BCUT2D eigenvalue weighted by Crippen LogP contribution is 2.25. The number of nitrogens with zero attached hydrogens (tertiary/aromatic N) is 2. The molecule has 0 atom stereocenters. The third kappa shape index (κ3) is 4.36. The fourth-order valence-corrected chi connectivity index (χ4v) is 2.16. The second-order valence-electron chi connectivity index (χ2n) is 5.29. The first-order chi connectivity index (χ1) is 9.99. The van der Waals surface area contributed by atoms with Crippen molar-refractivity contribution in [3.05, 3.63) is 28.8 Å². The summed E-state index contributed by atoms with van der Waals surface area (Å²) >= 11 is 6.02. The predicted octanol–water partition coefficient (Wildman–Crippen LogP) is 2.39. The molecule has 21 heavy (non-hydrogen) atoms. The number of carbonyl (C=O) groups is 1. The molecule has 0 bridgehead atoms. The molecule has 6 heteroatoms. The minimum absolute atomic E-state index is 0.0917. The van der Waals surface area contributed by atoms with Crippen LogP contribution in [-0.2, 0) is 4.79 Å². The van der Waals surface area contributed by atoms with Gasteiger partial charge < -0.3 is 16.0 Å². The van der Waals surface area contributed by atoms with E-state index in [9.17, 15) is 4.79 Å². The van der Waals surface area contributed by atoms with Crippen molar-refractivity contribution in [3.8, 4) is 0 Å². The first-order valence-corrected chi connectivity index (χ1v) is 7.44. The Hall–Kier alpha value is -1.75. The molecule has 5 nitrogen and oxygen atoms in total. The van der Waals surface area contributed by atoms with Gasteiger partial charge in [-0.25, -0.2) is 0 Å². The zero-order chi connectivity index (χ0) is 15.4. The molecule has 1 fully saturated rings. The maximum absolute atomic E-state index is 11.9. The Bertz CT molecular complexity index is 555. The number of carbonyl (C=O) groups excluding carboxylic acids is 1. The molecule has 0 aromatic heterocycles. The third-order valence-electron chi connectivity index (χ3n) is 3.61. The molecule has 2 rings (SSSR count). The quantitative estimate of drug-likeness (QED) is 0.648. The molecule has 1 amide bonds. The number of rotatable bonds is 5. The summed E-state index contributed by atoms with van der Waals surface area (Å²) < 4.78 is 0. The fourth-order valence-electron chi connectivity index (χ4n) is 1.99. The SMILES string of the molecule is Cc1c(Cl)cccc1NC(=O)CCN=C(N)N(C)C1CC1. The molecule has 0 heterocycles. The maximum Gasteiger partial charge on any atom is 0.226 e. The van der Waals surface area contributed by atoms with Gasteiger partial charge in [-0.15, -0.1) is 0 Å². The molecule has 1 saturated carbocycles. The first kappa shape index (κ1) is 15.6. The summed E-state index contributed by atoms with van der Waals surface area (Å²) in [4.78, 5) is 18.1. The predicted molar refractivity (Wildman–Crippen MR) is 86.7 cm³/mol. The van der Waals surface area contributed by atoms with Crippen LogP contribution in [0.15, 0.2) is 23.2 Å². The van der Waals surface area contributed by atoms with Crippen molar-refractivity contribution in [2.45, 2.75) is 32.2 Å². The molecule has 0 spiro atoms. The summed E-state index contributed by atoms with van der Waals surface area (Å²) in [5, 5.41) is 3.48. The molecule has 0 unspecified atom stereocenters. The van der Waals surface area contributed by atoms with Crippen molar-refractivity contribution in [2.24, 2.45) is 10.7 Å². The van der Waals surface area contributed by atoms with Crippen molar-refractivity contribution in [3.63, 3.8) is 0 Å². The molecule has 1 aromatic rings. The number of amides is 1. The number of hydrogen-bond donors (Lipinski definition) is 2. The molecular weight excluding hydrogens is 288 g/mol. The standard InChI is InChI=1S/C15H21ClN4O/c1-10-12(16)4-3-5-13(10)19-14(21)8-9-18-15(17)20(2)11-6-7-11/h3-5,11H,6-9H2,1-2H3,(H2,17,18)(H,19,21). The number of halogens is 1. The van der Waals surface area contributed by atoms with Crippen molar-refractivity contribution >= 4 is 29.2 Å². The molecule has 1 aromatic carbocycles. The van der Waals surface area contributed by atoms with Gasteiger partial charge in [0.05, 0.1) is 6.54 Å². The van der Waals surface area contributed by atoms with E-state index in [4.69, 9.17) is 17.3 Å². The lowest BCUT2D eigenvalue weighted by atomic mass is 10.2. The van der Waals surface area contributed by atoms with Crippen molar-refractivity contribution < 1.29 is 4.79 Å². The van der Waals surface area contributed by atoms with Gasteiger partial charge in [0.2, 0.25) is 5.91 Å². The number of nitrogens with one attached hydrogen (secondary N) is 1. The highest BCUT2D eigenvalue weighted by atomic mass is 35.5. The van der Waals surface area contributed by atoms with Crippen LogP contribution in [0.25, 0.3) is 0 Å². The highest BCUT2D eigenvalue weighted by Gasteiger charge is 2.27. The highest BCUT2D eigenvalue weighted by molar-refractivity contribution is 6.31. The summed E-state index contributed by atoms with van der Waals surface area (Å²) in [5.41, 5.74) is 7.47. The van der Waals surface area contributed by atoms with Gasteiger partial charge in [-0.1, -0.05) is 17.7 Å². The number of benzene rings is 1. The van der Waals surface area contributed by atoms with Crippen LogP contribution >= 0.6 is 11.6 Å². The molecule has 114 valence electrons. The van der Waals surface area contributed by atoms with E-state index in [-0.39, 0.29) is 5.91 Å². The lowest BCUT2D eigenvalue weighted by molar-refractivity contribution is -0.116. The molecule has 3 N–H and O–H groups in total. The van der Waals surface area contributed by atoms with Gasteiger partial charge in [0, 0.05) is 30.2 Å². The minimum Gasteiger partial charge on any atom is -0.370 e. The summed E-state index contributed by atoms with van der Waals surface area (Å²) in [7, 11) is 1.94. The monoisotopic (exact) mass is 308 g/mol. The lowest BCUT2D eigenvalue weighted by Gasteiger charge is -2.16. The third-order valence-corrected chi connectivity index (χ3v) is 4.02. The zero-order valence-electron chi connectivity index (χ0n) is 12.4. The largest absolute Gasteiger partial charge is 0.370 e. The Kier molecular flexibility index (Phi) is 5.07. The Labute approximate surface area is 130 Å². The van der Waals surface area contributed by atoms with Gasteiger partial charge in [-0.3, -0.25) is 9.79 Å². The van der Waals surface area contributed by atoms with Crippen LogP contribution in [0.1, 0.15) is 24.8 Å². The van der Waals surface area contributed by atoms with E-state index < -0.39 is 0 Å². The topological polar surface area (TPSA) is 70.7 Å². The van der Waals surface area contributed by atoms with E-state index >= 15 is 0 Å². The number of aliphatic imine (C=N–C) groups is 1. The second kappa shape index (κ2) is 6.80. The van der Waals surface area contributed by atoms with Crippen LogP contribution in [-0.4, -0.2) is 36.4 Å². The summed E-state index contributed by atoms with van der Waals surface area (Å²) in [5.74, 6) is 0.412. The van der Waals surface area contributed by atoms with E-state index in [0.29, 0.717) is 30.0 Å². The fraction of sp³-hybridized carbons (Fsp3) is 0.467. The summed E-state index contributed by atoms with van der Waals surface area (Å²) in [6.45, 7) is 2.26. The van der Waals surface area contributed by atoms with Gasteiger partial charge in [0.15, 0.2) is 5.96 Å².